The molecule has 0 fully saturated rings. The van der Waals surface area contributed by atoms with Gasteiger partial charge < -0.3 is 9.47 Å². The molecule has 21 heavy (non-hydrogen) atoms. The van der Waals surface area contributed by atoms with Crippen LogP contribution in [0.25, 0.3) is 0 Å². The molecule has 0 aromatic carbocycles. The molecule has 0 atom stereocenters. The third kappa shape index (κ3) is 4.70. The maximum atomic E-state index is 11.7. The van der Waals surface area contributed by atoms with Gasteiger partial charge in [0.25, 0.3) is 0 Å². The predicted molar refractivity (Wildman–Crippen MR) is 82.4 cm³/mol. The highest BCUT2D eigenvalue weighted by Crippen LogP contribution is 2.25. The van der Waals surface area contributed by atoms with Crippen LogP contribution in [0.5, 0.6) is 5.75 Å². The van der Waals surface area contributed by atoms with Crippen LogP contribution in [0.15, 0.2) is 6.20 Å². The molecule has 0 saturated heterocycles. The van der Waals surface area contributed by atoms with Gasteiger partial charge in [0.15, 0.2) is 0 Å². The van der Waals surface area contributed by atoms with Gasteiger partial charge in [-0.15, -0.1) is 0 Å². The van der Waals surface area contributed by atoms with Gasteiger partial charge in [0, 0.05) is 29.9 Å². The van der Waals surface area contributed by atoms with E-state index in [1.165, 1.54) is 0 Å². The molecule has 0 aliphatic heterocycles. The molecule has 0 N–H and O–H groups in total. The van der Waals surface area contributed by atoms with E-state index in [2.05, 4.69) is 18.8 Å². The summed E-state index contributed by atoms with van der Waals surface area (Å²) in [6, 6.07) is 0.225. The van der Waals surface area contributed by atoms with Crippen molar-refractivity contribution in [1.82, 2.24) is 9.88 Å². The van der Waals surface area contributed by atoms with E-state index < -0.39 is 0 Å². The van der Waals surface area contributed by atoms with Gasteiger partial charge in [-0.3, -0.25) is 14.7 Å². The SMILES string of the molecule is CCOC(=O)CN(Cc1ncc(C)c(OC)c1C)C(C)C. The number of carbonyl (C=O) groups is 1. The summed E-state index contributed by atoms with van der Waals surface area (Å²) in [6.07, 6.45) is 1.81. The number of hydrogen-bond donors (Lipinski definition) is 0. The van der Waals surface area contributed by atoms with E-state index in [1.54, 1.807) is 7.11 Å². The van der Waals surface area contributed by atoms with E-state index in [4.69, 9.17) is 9.47 Å². The first-order chi connectivity index (χ1) is 9.90. The molecule has 118 valence electrons. The van der Waals surface area contributed by atoms with E-state index in [9.17, 15) is 4.79 Å². The van der Waals surface area contributed by atoms with Gasteiger partial charge >= 0.3 is 5.97 Å². The number of methoxy groups -OCH3 is 1. The summed E-state index contributed by atoms with van der Waals surface area (Å²) in [5.41, 5.74) is 2.96. The molecule has 0 amide bonds. The van der Waals surface area contributed by atoms with Crippen molar-refractivity contribution in [2.75, 3.05) is 20.3 Å². The van der Waals surface area contributed by atoms with E-state index in [-0.39, 0.29) is 18.6 Å². The summed E-state index contributed by atoms with van der Waals surface area (Å²) in [5, 5.41) is 0. The number of aryl methyl sites for hydroxylation is 1. The lowest BCUT2D eigenvalue weighted by Crippen LogP contribution is -2.36. The smallest absolute Gasteiger partial charge is 0.320 e. The molecule has 0 aliphatic carbocycles. The van der Waals surface area contributed by atoms with Crippen LogP contribution in [0, 0.1) is 13.8 Å². The number of rotatable bonds is 7. The normalized spacial score (nSPS) is 11.0. The Morgan fingerprint density at radius 2 is 2.05 bits per heavy atom. The Labute approximate surface area is 127 Å². The maximum Gasteiger partial charge on any atom is 0.320 e. The molecule has 0 spiro atoms. The monoisotopic (exact) mass is 294 g/mol. The van der Waals surface area contributed by atoms with Gasteiger partial charge in [0.05, 0.1) is 26.0 Å². The first-order valence-electron chi connectivity index (χ1n) is 7.29. The van der Waals surface area contributed by atoms with Crippen molar-refractivity contribution < 1.29 is 14.3 Å². The fourth-order valence-corrected chi connectivity index (χ4v) is 2.22. The Morgan fingerprint density at radius 1 is 1.38 bits per heavy atom. The number of esters is 1. The molecule has 0 bridgehead atoms. The molecule has 0 radical (unpaired) electrons. The predicted octanol–water partition coefficient (Wildman–Crippen LogP) is 2.48. The van der Waals surface area contributed by atoms with Crippen LogP contribution in [-0.2, 0) is 16.1 Å². The van der Waals surface area contributed by atoms with Crippen LogP contribution in [0.2, 0.25) is 0 Å². The first-order valence-corrected chi connectivity index (χ1v) is 7.29. The lowest BCUT2D eigenvalue weighted by atomic mass is 10.1. The van der Waals surface area contributed by atoms with Crippen LogP contribution < -0.4 is 4.74 Å². The van der Waals surface area contributed by atoms with E-state index in [0.29, 0.717) is 13.2 Å². The lowest BCUT2D eigenvalue weighted by Gasteiger charge is -2.26. The molecular weight excluding hydrogens is 268 g/mol. The number of hydrogen-bond acceptors (Lipinski definition) is 5. The average Bonchev–Trinajstić information content (AvgIpc) is 2.41. The largest absolute Gasteiger partial charge is 0.496 e. The van der Waals surface area contributed by atoms with Crippen molar-refractivity contribution in [3.8, 4) is 5.75 Å². The van der Waals surface area contributed by atoms with Crippen molar-refractivity contribution in [2.45, 2.75) is 47.2 Å². The van der Waals surface area contributed by atoms with Crippen molar-refractivity contribution in [2.24, 2.45) is 0 Å². The summed E-state index contributed by atoms with van der Waals surface area (Å²) in [4.78, 5) is 18.2. The zero-order chi connectivity index (χ0) is 16.0. The minimum atomic E-state index is -0.206. The Morgan fingerprint density at radius 3 is 2.57 bits per heavy atom. The van der Waals surface area contributed by atoms with Crippen molar-refractivity contribution >= 4 is 5.97 Å². The van der Waals surface area contributed by atoms with Gasteiger partial charge in [-0.25, -0.2) is 0 Å². The minimum absolute atomic E-state index is 0.206. The summed E-state index contributed by atoms with van der Waals surface area (Å²) in [5.74, 6) is 0.655. The molecule has 1 rings (SSSR count). The summed E-state index contributed by atoms with van der Waals surface area (Å²) < 4.78 is 10.5. The topological polar surface area (TPSA) is 51.7 Å². The third-order valence-electron chi connectivity index (χ3n) is 3.47. The standard InChI is InChI=1S/C16H26N2O3/c1-7-21-15(19)10-18(11(2)3)9-14-13(5)16(20-6)12(4)8-17-14/h8,11H,7,9-10H2,1-6H3. The molecule has 0 unspecified atom stereocenters. The fourth-order valence-electron chi connectivity index (χ4n) is 2.22. The van der Waals surface area contributed by atoms with Crippen LogP contribution in [0.3, 0.4) is 0 Å². The molecule has 0 aliphatic rings. The molecule has 5 heteroatoms. The minimum Gasteiger partial charge on any atom is -0.496 e. The first kappa shape index (κ1) is 17.4. The molecular formula is C16H26N2O3. The summed E-state index contributed by atoms with van der Waals surface area (Å²) in [7, 11) is 1.66. The average molecular weight is 294 g/mol. The van der Waals surface area contributed by atoms with Crippen molar-refractivity contribution in [3.63, 3.8) is 0 Å². The number of pyridine rings is 1. The Hall–Kier alpha value is -1.62. The van der Waals surface area contributed by atoms with Crippen LogP contribution >= 0.6 is 0 Å². The summed E-state index contributed by atoms with van der Waals surface area (Å²) in [6.45, 7) is 11.2. The maximum absolute atomic E-state index is 11.7. The molecule has 1 aromatic heterocycles. The lowest BCUT2D eigenvalue weighted by molar-refractivity contribution is -0.145. The highest BCUT2D eigenvalue weighted by molar-refractivity contribution is 5.71. The fraction of sp³-hybridized carbons (Fsp3) is 0.625. The highest BCUT2D eigenvalue weighted by Gasteiger charge is 2.18. The van der Waals surface area contributed by atoms with Gasteiger partial charge in [-0.2, -0.15) is 0 Å². The van der Waals surface area contributed by atoms with Gasteiger partial charge in [-0.05, 0) is 34.6 Å². The molecule has 1 heterocycles. The second-order valence-electron chi connectivity index (χ2n) is 5.35. The molecule has 1 aromatic rings. The Bertz CT molecular complexity index is 487. The van der Waals surface area contributed by atoms with E-state index in [1.807, 2.05) is 31.9 Å². The van der Waals surface area contributed by atoms with E-state index >= 15 is 0 Å². The zero-order valence-corrected chi connectivity index (χ0v) is 13.9. The van der Waals surface area contributed by atoms with Crippen LogP contribution in [0.1, 0.15) is 37.6 Å². The summed E-state index contributed by atoms with van der Waals surface area (Å²) >= 11 is 0. The second-order valence-corrected chi connectivity index (χ2v) is 5.35. The highest BCUT2D eigenvalue weighted by atomic mass is 16.5. The van der Waals surface area contributed by atoms with Crippen LogP contribution in [0.4, 0.5) is 0 Å². The quantitative estimate of drug-likeness (QED) is 0.723. The van der Waals surface area contributed by atoms with Crippen LogP contribution in [-0.4, -0.2) is 42.2 Å². The second kappa shape index (κ2) is 7.98. The van der Waals surface area contributed by atoms with Crippen molar-refractivity contribution in [3.05, 3.63) is 23.0 Å². The Balaban J connectivity index is 2.92. The third-order valence-corrected chi connectivity index (χ3v) is 3.47. The zero-order valence-electron chi connectivity index (χ0n) is 13.9. The van der Waals surface area contributed by atoms with Gasteiger partial charge in [-0.1, -0.05) is 0 Å². The van der Waals surface area contributed by atoms with E-state index in [0.717, 1.165) is 22.6 Å². The number of carbonyl (C=O) groups excluding carboxylic acids is 1. The number of nitrogens with zero attached hydrogens (tertiary/aromatic N) is 2. The van der Waals surface area contributed by atoms with Crippen molar-refractivity contribution in [1.29, 1.82) is 0 Å². The van der Waals surface area contributed by atoms with Gasteiger partial charge in [0.2, 0.25) is 0 Å². The number of aromatic nitrogens is 1. The molecule has 5 nitrogen and oxygen atoms in total. The van der Waals surface area contributed by atoms with Gasteiger partial charge in [0.1, 0.15) is 5.75 Å². The molecule has 0 saturated carbocycles. The number of ether oxygens (including phenoxy) is 2. The Kier molecular flexibility index (Phi) is 6.62.